The Balaban J connectivity index is 2.05. The van der Waals surface area contributed by atoms with Gasteiger partial charge in [-0.3, -0.25) is 43.2 Å². The van der Waals surface area contributed by atoms with Crippen molar-refractivity contribution in [1.82, 2.24) is 30.7 Å². The van der Waals surface area contributed by atoms with Crippen LogP contribution in [-0.2, 0) is 54.5 Å². The second-order valence-corrected chi connectivity index (χ2v) is 17.9. The molecule has 10 N–H and O–H groups in total. The molecule has 70 heavy (non-hydrogen) atoms. The van der Waals surface area contributed by atoms with Crippen molar-refractivity contribution in [3.63, 3.8) is 0 Å². The van der Waals surface area contributed by atoms with Gasteiger partial charge in [-0.15, -0.1) is 0 Å². The molecule has 0 fully saturated rings. The predicted molar refractivity (Wildman–Crippen MR) is 248 cm³/mol. The Morgan fingerprint density at radius 1 is 0.786 bits per heavy atom. The topological polar surface area (TPSA) is 319 Å². The number of carboxylic acid groups (broad SMARTS) is 1. The van der Waals surface area contributed by atoms with Gasteiger partial charge in [0, 0.05) is 68.3 Å². The number of Topliss-reactive ketones (excluding diaryl/α,β-unsaturated/α-hetero) is 2. The van der Waals surface area contributed by atoms with Crippen molar-refractivity contribution >= 4 is 58.9 Å². The molecule has 20 nitrogen and oxygen atoms in total. The first-order valence-corrected chi connectivity index (χ1v) is 22.4. The monoisotopic (exact) mass is 980 g/mol. The standard InChI is InChI=1S/C48H62F2N8O12/c1-28(60)19-30(21-39(51)62)45(68)56-37(23-40(52)63)47(70)55-36(46(69)53-17-8-11-33(61)24-54-41(64)14-15-43(66)67)16-18-58(42(65)27-59)44(48(2,3)4)38-20-31(34-22-32(49)12-13-35(34)50)26-57(38)25-29-9-6-5-7-10-29/h5-7,9-10,12-13,20,22,26,30,36-37,44,59H,8,11,14-19,21,23-25,27H2,1-4H3,(H2,51,62)(H2,52,63)(H,53,69)(H,54,64)(H,55,70)(H,56,68)(H,66,67)/t30-,36+,37+,44+/m1/s1. The van der Waals surface area contributed by atoms with E-state index in [2.05, 4.69) is 21.3 Å². The highest BCUT2D eigenvalue weighted by molar-refractivity contribution is 5.96. The van der Waals surface area contributed by atoms with E-state index in [1.165, 1.54) is 4.90 Å². The molecule has 1 heterocycles. The summed E-state index contributed by atoms with van der Waals surface area (Å²) in [5.74, 6) is -11.3. The van der Waals surface area contributed by atoms with Gasteiger partial charge < -0.3 is 57.2 Å². The first-order valence-electron chi connectivity index (χ1n) is 22.4. The lowest BCUT2D eigenvalue weighted by atomic mass is 9.82. The predicted octanol–water partition coefficient (Wildman–Crippen LogP) is 1.54. The number of carbonyl (C=O) groups excluding carboxylic acids is 9. The first-order chi connectivity index (χ1) is 32.9. The summed E-state index contributed by atoms with van der Waals surface area (Å²) in [6.07, 6.45) is -1.51. The first kappa shape index (κ1) is 57.0. The van der Waals surface area contributed by atoms with Gasteiger partial charge in [0.15, 0.2) is 5.78 Å². The van der Waals surface area contributed by atoms with E-state index in [0.29, 0.717) is 5.69 Å². The Bertz CT molecular complexity index is 2370. The second kappa shape index (κ2) is 27.0. The molecule has 0 radical (unpaired) electrons. The molecule has 0 unspecified atom stereocenters. The molecular formula is C48H62F2N8O12. The van der Waals surface area contributed by atoms with E-state index in [0.717, 1.165) is 30.7 Å². The Labute approximate surface area is 403 Å². The van der Waals surface area contributed by atoms with Crippen LogP contribution in [0.1, 0.15) is 96.4 Å². The van der Waals surface area contributed by atoms with Crippen LogP contribution in [0.3, 0.4) is 0 Å². The fourth-order valence-electron chi connectivity index (χ4n) is 7.67. The average molecular weight is 981 g/mol. The minimum absolute atomic E-state index is 0.0296. The van der Waals surface area contributed by atoms with Gasteiger partial charge in [0.05, 0.1) is 31.3 Å². The molecule has 4 atom stereocenters. The number of amides is 7. The van der Waals surface area contributed by atoms with Gasteiger partial charge in [-0.25, -0.2) is 8.78 Å². The zero-order valence-electron chi connectivity index (χ0n) is 39.6. The summed E-state index contributed by atoms with van der Waals surface area (Å²) in [7, 11) is 0. The number of carboxylic acids is 1. The molecule has 7 amide bonds. The molecule has 22 heteroatoms. The number of aliphatic carboxylic acids is 1. The van der Waals surface area contributed by atoms with Crippen molar-refractivity contribution in [1.29, 1.82) is 0 Å². The van der Waals surface area contributed by atoms with Crippen molar-refractivity contribution in [2.24, 2.45) is 22.8 Å². The lowest BCUT2D eigenvalue weighted by molar-refractivity contribution is -0.140. The van der Waals surface area contributed by atoms with Crippen LogP contribution in [0, 0.1) is 23.0 Å². The van der Waals surface area contributed by atoms with Crippen molar-refractivity contribution in [2.45, 2.75) is 104 Å². The SMILES string of the molecule is CC(=O)C[C@H](CC(N)=O)C(=O)N[C@@H](CC(N)=O)C(=O)N[C@@H](CCN(C(=O)CO)[C@@H](c1cc(-c2cc(F)ccc2F)cn1Cc1ccccc1)C(C)(C)C)C(=O)NCCCC(=O)CNC(=O)CCC(=O)O. The molecule has 0 aliphatic carbocycles. The fraction of sp³-hybridized carbons (Fsp3) is 0.458. The molecule has 0 saturated heterocycles. The molecule has 2 aromatic carbocycles. The van der Waals surface area contributed by atoms with Crippen LogP contribution in [0.2, 0.25) is 0 Å². The molecule has 0 spiro atoms. The van der Waals surface area contributed by atoms with E-state index in [-0.39, 0.29) is 50.0 Å². The Morgan fingerprint density at radius 3 is 2.04 bits per heavy atom. The van der Waals surface area contributed by atoms with Gasteiger partial charge in [0.2, 0.25) is 41.4 Å². The van der Waals surface area contributed by atoms with Gasteiger partial charge >= 0.3 is 5.97 Å². The van der Waals surface area contributed by atoms with Crippen LogP contribution in [0.4, 0.5) is 8.78 Å². The van der Waals surface area contributed by atoms with Crippen LogP contribution < -0.4 is 32.7 Å². The number of carbonyl (C=O) groups is 10. The molecule has 3 rings (SSSR count). The summed E-state index contributed by atoms with van der Waals surface area (Å²) in [5.41, 5.74) is 11.3. The number of rotatable bonds is 29. The van der Waals surface area contributed by atoms with Gasteiger partial charge in [0.25, 0.3) is 0 Å². The van der Waals surface area contributed by atoms with Crippen LogP contribution in [0.15, 0.2) is 60.8 Å². The maximum atomic E-state index is 15.3. The zero-order chi connectivity index (χ0) is 52.3. The summed E-state index contributed by atoms with van der Waals surface area (Å²) >= 11 is 0. The number of hydrogen-bond donors (Lipinski definition) is 8. The van der Waals surface area contributed by atoms with Gasteiger partial charge in [-0.1, -0.05) is 51.1 Å². The summed E-state index contributed by atoms with van der Waals surface area (Å²) in [5, 5.41) is 28.9. The lowest BCUT2D eigenvalue weighted by Gasteiger charge is -2.41. The van der Waals surface area contributed by atoms with E-state index in [1.807, 2.05) is 30.3 Å². The number of primary amides is 2. The van der Waals surface area contributed by atoms with E-state index >= 15 is 4.39 Å². The van der Waals surface area contributed by atoms with Gasteiger partial charge in [0.1, 0.15) is 36.1 Å². The summed E-state index contributed by atoms with van der Waals surface area (Å²) in [6, 6.07) is 9.39. The quantitative estimate of drug-likeness (QED) is 0.0460. The minimum Gasteiger partial charge on any atom is -0.481 e. The van der Waals surface area contributed by atoms with Crippen molar-refractivity contribution in [3.8, 4) is 11.1 Å². The average Bonchev–Trinajstić information content (AvgIpc) is 3.68. The zero-order valence-corrected chi connectivity index (χ0v) is 39.6. The smallest absolute Gasteiger partial charge is 0.303 e. The molecule has 1 aromatic heterocycles. The van der Waals surface area contributed by atoms with Crippen molar-refractivity contribution < 1.29 is 66.9 Å². The van der Waals surface area contributed by atoms with Gasteiger partial charge in [-0.05, 0) is 55.0 Å². The summed E-state index contributed by atoms with van der Waals surface area (Å²) in [6.45, 7) is 4.78. The second-order valence-electron chi connectivity index (χ2n) is 17.9. The number of halogens is 2. The highest BCUT2D eigenvalue weighted by atomic mass is 19.1. The van der Waals surface area contributed by atoms with Crippen LogP contribution in [0.5, 0.6) is 0 Å². The van der Waals surface area contributed by atoms with Gasteiger partial charge in [-0.2, -0.15) is 0 Å². The number of nitrogens with one attached hydrogen (secondary N) is 4. The maximum Gasteiger partial charge on any atom is 0.303 e. The Kier molecular flexibility index (Phi) is 22.0. The van der Waals surface area contributed by atoms with E-state index in [9.17, 15) is 57.4 Å². The number of benzene rings is 2. The molecule has 0 aliphatic rings. The number of hydrogen-bond acceptors (Lipinski definition) is 11. The van der Waals surface area contributed by atoms with E-state index in [1.54, 1.807) is 37.6 Å². The Morgan fingerprint density at radius 2 is 1.44 bits per heavy atom. The molecule has 0 aliphatic heterocycles. The molecule has 3 aromatic rings. The number of aromatic nitrogens is 1. The largest absolute Gasteiger partial charge is 0.481 e. The highest BCUT2D eigenvalue weighted by Crippen LogP contribution is 2.41. The molecule has 380 valence electrons. The molecular weight excluding hydrogens is 919 g/mol. The van der Waals surface area contributed by atoms with Crippen molar-refractivity contribution in [3.05, 3.63) is 83.7 Å². The number of ketones is 2. The summed E-state index contributed by atoms with van der Waals surface area (Å²) < 4.78 is 31.6. The third kappa shape index (κ3) is 18.6. The molecule has 0 bridgehead atoms. The lowest BCUT2D eigenvalue weighted by Crippen LogP contribution is -2.56. The number of aliphatic hydroxyl groups excluding tert-OH is 1. The van der Waals surface area contributed by atoms with E-state index in [4.69, 9.17) is 16.6 Å². The maximum absolute atomic E-state index is 15.3. The third-order valence-electron chi connectivity index (χ3n) is 10.9. The summed E-state index contributed by atoms with van der Waals surface area (Å²) in [4.78, 5) is 128. The van der Waals surface area contributed by atoms with Crippen LogP contribution in [0.25, 0.3) is 11.1 Å². The van der Waals surface area contributed by atoms with Crippen LogP contribution >= 0.6 is 0 Å². The normalized spacial score (nSPS) is 12.9. The third-order valence-corrected chi connectivity index (χ3v) is 10.9. The van der Waals surface area contributed by atoms with Crippen molar-refractivity contribution in [2.75, 3.05) is 26.2 Å². The number of aliphatic hydroxyl groups is 1. The number of nitrogens with zero attached hydrogens (tertiary/aromatic N) is 2. The van der Waals surface area contributed by atoms with Crippen LogP contribution in [-0.4, -0.2) is 117 Å². The Hall–Kier alpha value is -7.36. The fourth-order valence-corrected chi connectivity index (χ4v) is 7.67. The number of nitrogens with two attached hydrogens (primary N) is 2. The highest BCUT2D eigenvalue weighted by Gasteiger charge is 2.39. The minimum atomic E-state index is -1.76. The molecule has 0 saturated carbocycles. The van der Waals surface area contributed by atoms with E-state index < -0.39 is 145 Å².